The minimum atomic E-state index is -0.630. The van der Waals surface area contributed by atoms with Gasteiger partial charge in [-0.05, 0) is 25.8 Å². The van der Waals surface area contributed by atoms with Gasteiger partial charge in [0.1, 0.15) is 11.9 Å². The third-order valence-corrected chi connectivity index (χ3v) is 2.89. The van der Waals surface area contributed by atoms with Crippen LogP contribution in [0.3, 0.4) is 0 Å². The molecule has 1 atom stereocenters. The number of carbonyl (C=O) groups is 1. The van der Waals surface area contributed by atoms with E-state index < -0.39 is 11.0 Å². The van der Waals surface area contributed by atoms with E-state index >= 15 is 0 Å². The third-order valence-electron chi connectivity index (χ3n) is 2.89. The molecule has 0 aromatic carbocycles. The van der Waals surface area contributed by atoms with Crippen LogP contribution in [0, 0.1) is 10.1 Å². The Morgan fingerprint density at radius 1 is 1.55 bits per heavy atom. The van der Waals surface area contributed by atoms with Crippen LogP contribution in [0.1, 0.15) is 19.8 Å². The summed E-state index contributed by atoms with van der Waals surface area (Å²) in [4.78, 5) is 26.1. The summed E-state index contributed by atoms with van der Waals surface area (Å²) in [7, 11) is 0. The first-order valence-electron chi connectivity index (χ1n) is 6.20. The molecule has 1 aromatic rings. The van der Waals surface area contributed by atoms with E-state index in [0.29, 0.717) is 0 Å². The van der Waals surface area contributed by atoms with Crippen LogP contribution in [-0.4, -0.2) is 27.9 Å². The Labute approximate surface area is 115 Å². The zero-order valence-electron chi connectivity index (χ0n) is 10.9. The number of anilines is 2. The number of aromatic nitrogens is 1. The maximum absolute atomic E-state index is 11.8. The average molecular weight is 280 g/mol. The Balaban J connectivity index is 2.12. The zero-order chi connectivity index (χ0) is 14.7. The van der Waals surface area contributed by atoms with Crippen LogP contribution in [0.2, 0.25) is 0 Å². The first kappa shape index (κ1) is 14.0. The molecule has 9 nitrogen and oxygen atoms in total. The minimum absolute atomic E-state index is 0.00361. The van der Waals surface area contributed by atoms with Gasteiger partial charge >= 0.3 is 5.69 Å². The number of hydrogen-bond acceptors (Lipinski definition) is 7. The van der Waals surface area contributed by atoms with E-state index in [4.69, 9.17) is 5.84 Å². The largest absolute Gasteiger partial charge is 0.353 e. The molecule has 0 radical (unpaired) electrons. The lowest BCUT2D eigenvalue weighted by Gasteiger charge is -2.14. The van der Waals surface area contributed by atoms with Gasteiger partial charge in [-0.15, -0.1) is 0 Å². The quantitative estimate of drug-likeness (QED) is 0.335. The van der Waals surface area contributed by atoms with Crippen molar-refractivity contribution in [2.45, 2.75) is 31.8 Å². The van der Waals surface area contributed by atoms with Crippen molar-refractivity contribution >= 4 is 23.2 Å². The average Bonchev–Trinajstić information content (AvgIpc) is 3.22. The van der Waals surface area contributed by atoms with E-state index in [1.54, 1.807) is 6.92 Å². The second-order valence-corrected chi connectivity index (χ2v) is 4.61. The lowest BCUT2D eigenvalue weighted by molar-refractivity contribution is -0.384. The molecular weight excluding hydrogens is 264 g/mol. The van der Waals surface area contributed by atoms with Gasteiger partial charge in [0.05, 0.1) is 4.92 Å². The number of hydrazine groups is 1. The summed E-state index contributed by atoms with van der Waals surface area (Å²) in [6, 6.07) is 2.26. The molecule has 108 valence electrons. The van der Waals surface area contributed by atoms with Crippen LogP contribution >= 0.6 is 0 Å². The molecule has 0 aliphatic heterocycles. The molecule has 1 saturated carbocycles. The molecule has 2 rings (SSSR count). The van der Waals surface area contributed by atoms with Crippen molar-refractivity contribution in [3.05, 3.63) is 22.2 Å². The molecule has 1 unspecified atom stereocenters. The Kier molecular flexibility index (Phi) is 3.99. The molecule has 20 heavy (non-hydrogen) atoms. The maximum Gasteiger partial charge on any atom is 0.311 e. The van der Waals surface area contributed by atoms with Crippen LogP contribution in [-0.2, 0) is 4.79 Å². The Morgan fingerprint density at radius 3 is 2.80 bits per heavy atom. The number of rotatable bonds is 6. The Bertz CT molecular complexity index is 531. The number of hydrogen-bond donors (Lipinski definition) is 4. The summed E-state index contributed by atoms with van der Waals surface area (Å²) in [6.45, 7) is 1.62. The Hall–Kier alpha value is -2.42. The molecule has 1 aromatic heterocycles. The van der Waals surface area contributed by atoms with Crippen molar-refractivity contribution < 1.29 is 9.72 Å². The Morgan fingerprint density at radius 2 is 2.25 bits per heavy atom. The molecule has 1 fully saturated rings. The number of nitrogens with zero attached hydrogens (tertiary/aromatic N) is 2. The van der Waals surface area contributed by atoms with E-state index in [0.717, 1.165) is 12.8 Å². The van der Waals surface area contributed by atoms with Crippen molar-refractivity contribution in [3.63, 3.8) is 0 Å². The van der Waals surface area contributed by atoms with Crippen molar-refractivity contribution in [3.8, 4) is 0 Å². The molecule has 0 saturated heterocycles. The summed E-state index contributed by atoms with van der Waals surface area (Å²) in [5.41, 5.74) is 2.09. The summed E-state index contributed by atoms with van der Waals surface area (Å²) in [5, 5.41) is 16.5. The predicted octanol–water partition coefficient (Wildman–Crippen LogP) is 0.354. The smallest absolute Gasteiger partial charge is 0.311 e. The number of nitrogens with two attached hydrogens (primary N) is 1. The molecule has 0 spiro atoms. The molecule has 1 amide bonds. The van der Waals surface area contributed by atoms with Gasteiger partial charge in [0, 0.05) is 12.1 Å². The summed E-state index contributed by atoms with van der Waals surface area (Å²) < 4.78 is 0. The third kappa shape index (κ3) is 3.32. The number of pyridine rings is 1. The molecular formula is C11H16N6O3. The van der Waals surface area contributed by atoms with Crippen LogP contribution in [0.4, 0.5) is 17.3 Å². The molecule has 1 aliphatic rings. The molecule has 1 heterocycles. The zero-order valence-corrected chi connectivity index (χ0v) is 10.9. The monoisotopic (exact) mass is 280 g/mol. The highest BCUT2D eigenvalue weighted by Crippen LogP contribution is 2.24. The van der Waals surface area contributed by atoms with Crippen molar-refractivity contribution in [2.24, 2.45) is 5.84 Å². The summed E-state index contributed by atoms with van der Waals surface area (Å²) in [6.07, 6.45) is 1.95. The topological polar surface area (TPSA) is 135 Å². The van der Waals surface area contributed by atoms with Gasteiger partial charge in [-0.2, -0.15) is 0 Å². The van der Waals surface area contributed by atoms with E-state index in [9.17, 15) is 14.9 Å². The summed E-state index contributed by atoms with van der Waals surface area (Å²) in [5.74, 6) is 5.28. The number of nitrogen functional groups attached to an aromatic ring is 1. The second-order valence-electron chi connectivity index (χ2n) is 4.61. The predicted molar refractivity (Wildman–Crippen MR) is 73.0 cm³/mol. The van der Waals surface area contributed by atoms with E-state index in [2.05, 4.69) is 21.0 Å². The number of nitrogens with one attached hydrogen (secondary N) is 3. The first-order valence-corrected chi connectivity index (χ1v) is 6.20. The van der Waals surface area contributed by atoms with Gasteiger partial charge in [-0.3, -0.25) is 14.9 Å². The highest BCUT2D eigenvalue weighted by atomic mass is 16.6. The SMILES string of the molecule is CC(Nc1nc(NN)ccc1[N+](=O)[O-])C(=O)NC1CC1. The fourth-order valence-corrected chi connectivity index (χ4v) is 1.61. The van der Waals surface area contributed by atoms with E-state index in [1.165, 1.54) is 12.1 Å². The highest BCUT2D eigenvalue weighted by Gasteiger charge is 2.27. The minimum Gasteiger partial charge on any atom is -0.353 e. The first-order chi connectivity index (χ1) is 9.51. The molecule has 5 N–H and O–H groups in total. The fourth-order valence-electron chi connectivity index (χ4n) is 1.61. The van der Waals surface area contributed by atoms with Gasteiger partial charge in [0.2, 0.25) is 11.7 Å². The van der Waals surface area contributed by atoms with Crippen LogP contribution in [0.25, 0.3) is 0 Å². The van der Waals surface area contributed by atoms with Crippen molar-refractivity contribution in [1.29, 1.82) is 0 Å². The van der Waals surface area contributed by atoms with E-state index in [-0.39, 0.29) is 29.3 Å². The van der Waals surface area contributed by atoms with Crippen LogP contribution in [0.15, 0.2) is 12.1 Å². The number of amides is 1. The van der Waals surface area contributed by atoms with Gasteiger partial charge < -0.3 is 16.1 Å². The lowest BCUT2D eigenvalue weighted by atomic mass is 10.3. The normalized spacial score (nSPS) is 15.3. The van der Waals surface area contributed by atoms with Crippen molar-refractivity contribution in [2.75, 3.05) is 10.7 Å². The van der Waals surface area contributed by atoms with E-state index in [1.807, 2.05) is 0 Å². The maximum atomic E-state index is 11.8. The van der Waals surface area contributed by atoms with Gasteiger partial charge in [0.15, 0.2) is 0 Å². The van der Waals surface area contributed by atoms with Gasteiger partial charge in [-0.25, -0.2) is 10.8 Å². The van der Waals surface area contributed by atoms with Crippen LogP contribution < -0.4 is 21.9 Å². The van der Waals surface area contributed by atoms with Gasteiger partial charge in [-0.1, -0.05) is 0 Å². The lowest BCUT2D eigenvalue weighted by Crippen LogP contribution is -2.39. The number of carbonyl (C=O) groups excluding carboxylic acids is 1. The fraction of sp³-hybridized carbons (Fsp3) is 0.455. The van der Waals surface area contributed by atoms with Crippen LogP contribution in [0.5, 0.6) is 0 Å². The molecule has 9 heteroatoms. The molecule has 0 bridgehead atoms. The summed E-state index contributed by atoms with van der Waals surface area (Å²) >= 11 is 0. The standard InChI is InChI=1S/C11H16N6O3/c1-6(11(18)14-7-2-3-7)13-10-8(17(19)20)4-5-9(15-10)16-12/h4-7H,2-3,12H2,1H3,(H,14,18)(H2,13,15,16). The highest BCUT2D eigenvalue weighted by molar-refractivity contribution is 5.85. The van der Waals surface area contributed by atoms with Gasteiger partial charge in [0.25, 0.3) is 0 Å². The number of nitro groups is 1. The van der Waals surface area contributed by atoms with Crippen molar-refractivity contribution in [1.82, 2.24) is 10.3 Å². The second kappa shape index (κ2) is 5.70. The molecule has 1 aliphatic carbocycles.